The van der Waals surface area contributed by atoms with Crippen molar-refractivity contribution in [1.82, 2.24) is 0 Å². The molecule has 2 atom stereocenters. The molecule has 0 unspecified atom stereocenters. The van der Waals surface area contributed by atoms with E-state index < -0.39 is 16.0 Å². The zero-order valence-corrected chi connectivity index (χ0v) is 14.9. The predicted octanol–water partition coefficient (Wildman–Crippen LogP) is 4.31. The van der Waals surface area contributed by atoms with Crippen LogP contribution < -0.4 is 0 Å². The minimum absolute atomic E-state index is 0.000369. The largest absolute Gasteiger partial charge is 0.392 e. The van der Waals surface area contributed by atoms with Crippen LogP contribution in [-0.2, 0) is 16.1 Å². The molecule has 0 amide bonds. The Hall–Kier alpha value is -0.320. The lowest BCUT2D eigenvalue weighted by molar-refractivity contribution is -0.124. The van der Waals surface area contributed by atoms with Crippen LogP contribution in [0.3, 0.4) is 0 Å². The Morgan fingerprint density at radius 2 is 1.77 bits per heavy atom. The molecule has 0 radical (unpaired) electrons. The van der Waals surface area contributed by atoms with Crippen molar-refractivity contribution in [2.45, 2.75) is 49.3 Å². The van der Waals surface area contributed by atoms with Crippen molar-refractivity contribution in [3.63, 3.8) is 0 Å². The number of carbonyl (C=O) groups excluding carboxylic acids is 1. The van der Waals surface area contributed by atoms with E-state index in [1.807, 2.05) is 44.2 Å². The molecule has 22 heavy (non-hydrogen) atoms. The van der Waals surface area contributed by atoms with Gasteiger partial charge in [0.05, 0.1) is 12.7 Å². The fourth-order valence-corrected chi connectivity index (χ4v) is 2.22. The number of hydrogen-bond donors (Lipinski definition) is 1. The molecule has 6 heteroatoms. The molecule has 1 rings (SSSR count). The molecule has 0 aromatic heterocycles. The fraction of sp³-hybridized carbons (Fsp3) is 0.562. The van der Waals surface area contributed by atoms with Crippen LogP contribution in [0.4, 0.5) is 0 Å². The summed E-state index contributed by atoms with van der Waals surface area (Å²) >= 11 is 17.7. The van der Waals surface area contributed by atoms with Gasteiger partial charge in [0, 0.05) is 12.8 Å². The summed E-state index contributed by atoms with van der Waals surface area (Å²) in [5.74, 6) is -0.189. The number of aliphatic hydroxyl groups is 1. The van der Waals surface area contributed by atoms with E-state index in [9.17, 15) is 9.90 Å². The minimum Gasteiger partial charge on any atom is -0.392 e. The van der Waals surface area contributed by atoms with Crippen molar-refractivity contribution >= 4 is 40.6 Å². The van der Waals surface area contributed by atoms with Crippen LogP contribution in [0.25, 0.3) is 0 Å². The highest BCUT2D eigenvalue weighted by atomic mass is 35.6. The van der Waals surface area contributed by atoms with Crippen molar-refractivity contribution < 1.29 is 14.6 Å². The summed E-state index contributed by atoms with van der Waals surface area (Å²) in [5.41, 5.74) is 0.927. The number of hydrogen-bond acceptors (Lipinski definition) is 3. The lowest BCUT2D eigenvalue weighted by Gasteiger charge is -2.25. The molecule has 0 heterocycles. The van der Waals surface area contributed by atoms with Crippen LogP contribution in [0.15, 0.2) is 30.3 Å². The predicted molar refractivity (Wildman–Crippen MR) is 90.4 cm³/mol. The molecular formula is C16H21Cl3O3. The molecule has 0 bridgehead atoms. The monoisotopic (exact) mass is 366 g/mol. The summed E-state index contributed by atoms with van der Waals surface area (Å²) in [6.07, 6.45) is -1.57. The van der Waals surface area contributed by atoms with Crippen molar-refractivity contribution in [2.24, 2.45) is 5.92 Å². The van der Waals surface area contributed by atoms with E-state index in [1.54, 1.807) is 0 Å². The Labute approximate surface area is 146 Å². The second kappa shape index (κ2) is 9.09. The van der Waals surface area contributed by atoms with E-state index in [0.717, 1.165) is 5.56 Å². The number of halogens is 3. The van der Waals surface area contributed by atoms with Gasteiger partial charge in [-0.25, -0.2) is 0 Å². The number of benzene rings is 1. The summed E-state index contributed by atoms with van der Waals surface area (Å²) in [4.78, 5) is 12.0. The molecule has 0 fully saturated rings. The third kappa shape index (κ3) is 7.30. The summed E-state index contributed by atoms with van der Waals surface area (Å²) in [7, 11) is 0. The highest BCUT2D eigenvalue weighted by Gasteiger charge is 2.35. The fourth-order valence-electron chi connectivity index (χ4n) is 1.80. The van der Waals surface area contributed by atoms with E-state index in [1.165, 1.54) is 0 Å². The Balaban J connectivity index is 2.60. The van der Waals surface area contributed by atoms with Gasteiger partial charge in [-0.3, -0.25) is 4.79 Å². The van der Waals surface area contributed by atoms with Gasteiger partial charge < -0.3 is 9.84 Å². The van der Waals surface area contributed by atoms with Gasteiger partial charge in [0.2, 0.25) is 3.79 Å². The van der Waals surface area contributed by atoms with E-state index >= 15 is 0 Å². The molecule has 1 N–H and O–H groups in total. The molecule has 1 aromatic rings. The van der Waals surface area contributed by atoms with Crippen molar-refractivity contribution in [1.29, 1.82) is 0 Å². The van der Waals surface area contributed by atoms with Crippen molar-refractivity contribution in [3.8, 4) is 0 Å². The van der Waals surface area contributed by atoms with Crippen LogP contribution in [0.1, 0.15) is 32.3 Å². The Bertz CT molecular complexity index is 457. The van der Waals surface area contributed by atoms with Gasteiger partial charge in [0.15, 0.2) is 0 Å². The number of alkyl halides is 3. The molecular weight excluding hydrogens is 347 g/mol. The molecule has 0 aliphatic carbocycles. The van der Waals surface area contributed by atoms with Crippen molar-refractivity contribution in [2.75, 3.05) is 0 Å². The average Bonchev–Trinajstić information content (AvgIpc) is 2.43. The smallest absolute Gasteiger partial charge is 0.216 e. The zero-order chi connectivity index (χ0) is 16.8. The lowest BCUT2D eigenvalue weighted by atomic mass is 9.99. The highest BCUT2D eigenvalue weighted by Crippen LogP contribution is 2.35. The van der Waals surface area contributed by atoms with Crippen LogP contribution in [0, 0.1) is 5.92 Å². The van der Waals surface area contributed by atoms with Gasteiger partial charge in [0.1, 0.15) is 11.9 Å². The first-order valence-electron chi connectivity index (χ1n) is 7.12. The van der Waals surface area contributed by atoms with E-state index in [4.69, 9.17) is 39.5 Å². The van der Waals surface area contributed by atoms with Crippen LogP contribution in [0.2, 0.25) is 0 Å². The SMILES string of the molecule is CC(C)[C@@H](O)CC(=O)C[C@H](OCc1ccccc1)C(Cl)(Cl)Cl. The van der Waals surface area contributed by atoms with Gasteiger partial charge in [0.25, 0.3) is 0 Å². The molecule has 0 saturated carbocycles. The zero-order valence-electron chi connectivity index (χ0n) is 12.6. The third-order valence-electron chi connectivity index (χ3n) is 3.28. The minimum atomic E-state index is -1.70. The molecule has 0 saturated heterocycles. The molecule has 3 nitrogen and oxygen atoms in total. The summed E-state index contributed by atoms with van der Waals surface area (Å²) < 4.78 is 3.91. The quantitative estimate of drug-likeness (QED) is 0.696. The number of carbonyl (C=O) groups is 1. The van der Waals surface area contributed by atoms with Crippen LogP contribution in [0.5, 0.6) is 0 Å². The number of ketones is 1. The Morgan fingerprint density at radius 3 is 2.27 bits per heavy atom. The van der Waals surface area contributed by atoms with E-state index in [2.05, 4.69) is 0 Å². The molecule has 1 aromatic carbocycles. The number of ether oxygens (including phenoxy) is 1. The first-order chi connectivity index (χ1) is 10.2. The average molecular weight is 368 g/mol. The van der Waals surface area contributed by atoms with Gasteiger partial charge >= 0.3 is 0 Å². The normalized spacial score (nSPS) is 14.9. The molecule has 0 spiro atoms. The van der Waals surface area contributed by atoms with Gasteiger partial charge in [-0.1, -0.05) is 79.0 Å². The maximum Gasteiger partial charge on any atom is 0.216 e. The van der Waals surface area contributed by atoms with Crippen LogP contribution >= 0.6 is 34.8 Å². The topological polar surface area (TPSA) is 46.5 Å². The van der Waals surface area contributed by atoms with Gasteiger partial charge in [-0.05, 0) is 11.5 Å². The standard InChI is InChI=1S/C16H21Cl3O3/c1-11(2)14(21)8-13(20)9-15(16(17,18)19)22-10-12-6-4-3-5-7-12/h3-7,11,14-15,21H,8-10H2,1-2H3/t14-,15-/m0/s1. The summed E-state index contributed by atoms with van der Waals surface area (Å²) in [6.45, 7) is 3.94. The third-order valence-corrected chi connectivity index (χ3v) is 4.01. The van der Waals surface area contributed by atoms with Crippen molar-refractivity contribution in [3.05, 3.63) is 35.9 Å². The molecule has 124 valence electrons. The lowest BCUT2D eigenvalue weighted by Crippen LogP contribution is -2.32. The Morgan fingerprint density at radius 1 is 1.18 bits per heavy atom. The van der Waals surface area contributed by atoms with Gasteiger partial charge in [-0.15, -0.1) is 0 Å². The highest BCUT2D eigenvalue weighted by molar-refractivity contribution is 6.68. The summed E-state index contributed by atoms with van der Waals surface area (Å²) in [5, 5.41) is 9.76. The Kier molecular flexibility index (Phi) is 8.15. The van der Waals surface area contributed by atoms with Crippen LogP contribution in [-0.4, -0.2) is 26.9 Å². The maximum absolute atomic E-state index is 12.0. The second-order valence-electron chi connectivity index (χ2n) is 5.59. The maximum atomic E-state index is 12.0. The second-order valence-corrected chi connectivity index (χ2v) is 7.95. The van der Waals surface area contributed by atoms with E-state index in [0.29, 0.717) is 0 Å². The summed E-state index contributed by atoms with van der Waals surface area (Å²) in [6, 6.07) is 9.44. The first-order valence-corrected chi connectivity index (χ1v) is 8.25. The van der Waals surface area contributed by atoms with E-state index in [-0.39, 0.29) is 31.1 Å². The first kappa shape index (κ1) is 19.7. The molecule has 0 aliphatic heterocycles. The number of rotatable bonds is 8. The van der Waals surface area contributed by atoms with Gasteiger partial charge in [-0.2, -0.15) is 0 Å². The number of aliphatic hydroxyl groups excluding tert-OH is 1. The molecule has 0 aliphatic rings. The number of Topliss-reactive ketones (excluding diaryl/α,β-unsaturated/α-hetero) is 1.